The van der Waals surface area contributed by atoms with E-state index in [1.807, 2.05) is 0 Å². The lowest BCUT2D eigenvalue weighted by molar-refractivity contribution is -0.126. The van der Waals surface area contributed by atoms with Gasteiger partial charge in [0, 0.05) is 11.3 Å². The fraction of sp³-hybridized carbons (Fsp3) is 0.172. The van der Waals surface area contributed by atoms with Crippen molar-refractivity contribution in [3.8, 4) is 11.5 Å². The van der Waals surface area contributed by atoms with Crippen LogP contribution in [-0.2, 0) is 20.8 Å². The highest BCUT2D eigenvalue weighted by atomic mass is 19.1. The van der Waals surface area contributed by atoms with E-state index >= 15 is 0 Å². The standard InChI is InChI=1S/C29H28F2N4O5/c1-3-7-20-14-19(17-32-35-27(37)16-26(36)34-24-9-6-5-8-23(24)31)15-25(39-4-2)29(20)40-18-28(38)33-22-12-10-21(30)11-13-22/h3,5-6,8-15,17H,1,4,7,16,18H2,2H3,(H,33,38)(H,34,36)(H,35,37). The molecule has 0 radical (unpaired) electrons. The third kappa shape index (κ3) is 9.05. The van der Waals surface area contributed by atoms with Crippen molar-refractivity contribution in [2.45, 2.75) is 19.8 Å². The molecular weight excluding hydrogens is 522 g/mol. The maximum Gasteiger partial charge on any atom is 0.262 e. The number of carbonyl (C=O) groups is 3. The molecule has 0 heterocycles. The van der Waals surface area contributed by atoms with Crippen LogP contribution < -0.4 is 25.5 Å². The van der Waals surface area contributed by atoms with Crippen LogP contribution in [0.2, 0.25) is 0 Å². The summed E-state index contributed by atoms with van der Waals surface area (Å²) < 4.78 is 38.3. The Balaban J connectivity index is 1.64. The van der Waals surface area contributed by atoms with Gasteiger partial charge in [-0.1, -0.05) is 18.2 Å². The van der Waals surface area contributed by atoms with Gasteiger partial charge in [-0.05, 0) is 67.4 Å². The van der Waals surface area contributed by atoms with Crippen molar-refractivity contribution < 1.29 is 32.6 Å². The predicted molar refractivity (Wildman–Crippen MR) is 147 cm³/mol. The molecule has 0 spiro atoms. The van der Waals surface area contributed by atoms with Crippen LogP contribution >= 0.6 is 0 Å². The molecule has 0 aliphatic carbocycles. The number of ether oxygens (including phenoxy) is 2. The Labute approximate surface area is 229 Å². The fourth-order valence-electron chi connectivity index (χ4n) is 3.48. The summed E-state index contributed by atoms with van der Waals surface area (Å²) in [5.41, 5.74) is 3.83. The van der Waals surface area contributed by atoms with Crippen molar-refractivity contribution in [3.63, 3.8) is 0 Å². The monoisotopic (exact) mass is 550 g/mol. The number of carbonyl (C=O) groups excluding carboxylic acids is 3. The highest BCUT2D eigenvalue weighted by Gasteiger charge is 2.15. The normalized spacial score (nSPS) is 10.6. The van der Waals surface area contributed by atoms with Crippen molar-refractivity contribution in [3.05, 3.63) is 96.1 Å². The first-order chi connectivity index (χ1) is 19.3. The van der Waals surface area contributed by atoms with Gasteiger partial charge in [0.15, 0.2) is 18.1 Å². The zero-order valence-corrected chi connectivity index (χ0v) is 21.7. The Morgan fingerprint density at radius 3 is 2.40 bits per heavy atom. The first kappa shape index (κ1) is 29.5. The van der Waals surface area contributed by atoms with Crippen molar-refractivity contribution in [1.82, 2.24) is 5.43 Å². The number of amides is 3. The van der Waals surface area contributed by atoms with E-state index in [0.29, 0.717) is 41.3 Å². The fourth-order valence-corrected chi connectivity index (χ4v) is 3.48. The van der Waals surface area contributed by atoms with Crippen LogP contribution in [0.1, 0.15) is 24.5 Å². The molecule has 0 aliphatic heterocycles. The zero-order valence-electron chi connectivity index (χ0n) is 21.7. The third-order valence-electron chi connectivity index (χ3n) is 5.17. The quantitative estimate of drug-likeness (QED) is 0.125. The van der Waals surface area contributed by atoms with E-state index in [9.17, 15) is 23.2 Å². The van der Waals surface area contributed by atoms with E-state index in [0.717, 1.165) is 0 Å². The minimum absolute atomic E-state index is 0.0303. The number of hydrogen-bond donors (Lipinski definition) is 3. The lowest BCUT2D eigenvalue weighted by atomic mass is 10.1. The highest BCUT2D eigenvalue weighted by molar-refractivity contribution is 6.03. The SMILES string of the molecule is C=CCc1cc(C=NNC(=O)CC(=O)Nc2ccccc2F)cc(OCC)c1OCC(=O)Nc1ccc(F)cc1. The molecule has 0 saturated heterocycles. The van der Waals surface area contributed by atoms with E-state index in [2.05, 4.69) is 27.7 Å². The summed E-state index contributed by atoms with van der Waals surface area (Å²) in [4.78, 5) is 36.5. The Morgan fingerprint density at radius 2 is 1.70 bits per heavy atom. The molecular formula is C29H28F2N4O5. The summed E-state index contributed by atoms with van der Waals surface area (Å²) in [6.07, 6.45) is 2.81. The van der Waals surface area contributed by atoms with Gasteiger partial charge in [-0.25, -0.2) is 14.2 Å². The van der Waals surface area contributed by atoms with Crippen molar-refractivity contribution >= 4 is 35.3 Å². The van der Waals surface area contributed by atoms with Gasteiger partial charge in [0.25, 0.3) is 5.91 Å². The number of benzene rings is 3. The average Bonchev–Trinajstić information content (AvgIpc) is 2.91. The number of nitrogens with zero attached hydrogens (tertiary/aromatic N) is 1. The summed E-state index contributed by atoms with van der Waals surface area (Å²) in [5, 5.41) is 8.83. The summed E-state index contributed by atoms with van der Waals surface area (Å²) in [6, 6.07) is 14.3. The molecule has 3 N–H and O–H groups in total. The van der Waals surface area contributed by atoms with Crippen LogP contribution in [0.3, 0.4) is 0 Å². The first-order valence-electron chi connectivity index (χ1n) is 12.2. The summed E-state index contributed by atoms with van der Waals surface area (Å²) in [6.45, 7) is 5.51. The topological polar surface area (TPSA) is 118 Å². The largest absolute Gasteiger partial charge is 0.490 e. The van der Waals surface area contributed by atoms with Gasteiger partial charge in [-0.15, -0.1) is 6.58 Å². The molecule has 9 nitrogen and oxygen atoms in total. The van der Waals surface area contributed by atoms with Gasteiger partial charge in [0.1, 0.15) is 18.1 Å². The highest BCUT2D eigenvalue weighted by Crippen LogP contribution is 2.33. The molecule has 3 amide bonds. The summed E-state index contributed by atoms with van der Waals surface area (Å²) in [7, 11) is 0. The van der Waals surface area contributed by atoms with Crippen molar-refractivity contribution in [2.24, 2.45) is 5.10 Å². The van der Waals surface area contributed by atoms with Crippen LogP contribution in [-0.4, -0.2) is 37.1 Å². The van der Waals surface area contributed by atoms with Crippen molar-refractivity contribution in [2.75, 3.05) is 23.8 Å². The first-order valence-corrected chi connectivity index (χ1v) is 12.2. The Morgan fingerprint density at radius 1 is 0.950 bits per heavy atom. The number of halogens is 2. The minimum atomic E-state index is -0.700. The number of para-hydroxylation sites is 1. The van der Waals surface area contributed by atoms with Gasteiger partial charge in [-0.3, -0.25) is 14.4 Å². The third-order valence-corrected chi connectivity index (χ3v) is 5.17. The second-order valence-electron chi connectivity index (χ2n) is 8.27. The Kier molecular flexibility index (Phi) is 10.9. The zero-order chi connectivity index (χ0) is 28.9. The van der Waals surface area contributed by atoms with Gasteiger partial charge < -0.3 is 20.1 Å². The maximum absolute atomic E-state index is 13.7. The van der Waals surface area contributed by atoms with Crippen LogP contribution in [0.15, 0.2) is 78.4 Å². The van der Waals surface area contributed by atoms with E-state index in [1.165, 1.54) is 48.7 Å². The molecule has 3 rings (SSSR count). The van der Waals surface area contributed by atoms with E-state index < -0.39 is 35.8 Å². The number of rotatable bonds is 13. The van der Waals surface area contributed by atoms with Crippen LogP contribution in [0.25, 0.3) is 0 Å². The van der Waals surface area contributed by atoms with Gasteiger partial charge >= 0.3 is 0 Å². The number of hydrogen-bond acceptors (Lipinski definition) is 6. The number of anilines is 2. The van der Waals surface area contributed by atoms with Crippen molar-refractivity contribution in [1.29, 1.82) is 0 Å². The van der Waals surface area contributed by atoms with E-state index in [-0.39, 0.29) is 12.3 Å². The van der Waals surface area contributed by atoms with Crippen LogP contribution in [0.5, 0.6) is 11.5 Å². The molecule has 11 heteroatoms. The Hall–Kier alpha value is -5.06. The maximum atomic E-state index is 13.7. The lowest BCUT2D eigenvalue weighted by Crippen LogP contribution is -2.25. The number of hydrazone groups is 1. The molecule has 0 atom stereocenters. The van der Waals surface area contributed by atoms with E-state index in [1.54, 1.807) is 31.2 Å². The van der Waals surface area contributed by atoms with Gasteiger partial charge in [-0.2, -0.15) is 5.10 Å². The second kappa shape index (κ2) is 14.8. The molecule has 0 saturated carbocycles. The molecule has 208 valence electrons. The van der Waals surface area contributed by atoms with E-state index in [4.69, 9.17) is 9.47 Å². The average molecular weight is 551 g/mol. The summed E-state index contributed by atoms with van der Waals surface area (Å²) in [5.74, 6) is -2.21. The van der Waals surface area contributed by atoms with Crippen LogP contribution in [0.4, 0.5) is 20.2 Å². The molecule has 0 aliphatic rings. The Bertz CT molecular complexity index is 1390. The molecule has 3 aromatic rings. The smallest absolute Gasteiger partial charge is 0.262 e. The summed E-state index contributed by atoms with van der Waals surface area (Å²) >= 11 is 0. The molecule has 0 aromatic heterocycles. The molecule has 0 bridgehead atoms. The van der Waals surface area contributed by atoms with Gasteiger partial charge in [0.2, 0.25) is 11.8 Å². The number of allylic oxidation sites excluding steroid dienone is 1. The molecule has 40 heavy (non-hydrogen) atoms. The predicted octanol–water partition coefficient (Wildman–Crippen LogP) is 4.59. The lowest BCUT2D eigenvalue weighted by Gasteiger charge is -2.16. The molecule has 3 aromatic carbocycles. The number of nitrogens with one attached hydrogen (secondary N) is 3. The second-order valence-corrected chi connectivity index (χ2v) is 8.27. The minimum Gasteiger partial charge on any atom is -0.490 e. The van der Waals surface area contributed by atoms with Crippen LogP contribution in [0, 0.1) is 11.6 Å². The molecule has 0 unspecified atom stereocenters. The molecule has 0 fully saturated rings. The van der Waals surface area contributed by atoms with Gasteiger partial charge in [0.05, 0.1) is 18.5 Å².